The van der Waals surface area contributed by atoms with Crippen LogP contribution in [0.25, 0.3) is 0 Å². The minimum Gasteiger partial charge on any atom is -0.395 e. The standard InChI is InChI=1S/C18H19Cl2N3O3S/c19-13-6-5-11(9-14(13)20)21-16(25)10-27-17-12-3-1-2-4-15(12)23(7-8-24)18(26)22-17/h5-6,9,24H,1-4,7-8,10H2,(H,21,25). The summed E-state index contributed by atoms with van der Waals surface area (Å²) in [6.07, 6.45) is 3.64. The Labute approximate surface area is 170 Å². The van der Waals surface area contributed by atoms with Gasteiger partial charge in [-0.25, -0.2) is 4.79 Å². The molecule has 1 aromatic carbocycles. The average molecular weight is 428 g/mol. The fraction of sp³-hybridized carbons (Fsp3) is 0.389. The van der Waals surface area contributed by atoms with Gasteiger partial charge in [-0.3, -0.25) is 9.36 Å². The van der Waals surface area contributed by atoms with Crippen LogP contribution in [-0.4, -0.2) is 32.9 Å². The summed E-state index contributed by atoms with van der Waals surface area (Å²) in [5, 5.41) is 13.4. The van der Waals surface area contributed by atoms with Gasteiger partial charge >= 0.3 is 5.69 Å². The third-order valence-corrected chi connectivity index (χ3v) is 6.07. The van der Waals surface area contributed by atoms with Gasteiger partial charge in [0.25, 0.3) is 0 Å². The number of rotatable bonds is 6. The fourth-order valence-electron chi connectivity index (χ4n) is 3.10. The van der Waals surface area contributed by atoms with Crippen molar-refractivity contribution in [3.8, 4) is 0 Å². The highest BCUT2D eigenvalue weighted by atomic mass is 35.5. The Balaban J connectivity index is 1.73. The highest BCUT2D eigenvalue weighted by molar-refractivity contribution is 8.00. The van der Waals surface area contributed by atoms with Crippen LogP contribution in [-0.2, 0) is 24.2 Å². The van der Waals surface area contributed by atoms with Crippen LogP contribution in [0.1, 0.15) is 24.1 Å². The number of hydrogen-bond donors (Lipinski definition) is 2. The normalized spacial score (nSPS) is 13.3. The molecule has 2 N–H and O–H groups in total. The first-order valence-electron chi connectivity index (χ1n) is 8.60. The van der Waals surface area contributed by atoms with E-state index in [1.165, 1.54) is 11.8 Å². The van der Waals surface area contributed by atoms with Crippen molar-refractivity contribution in [2.45, 2.75) is 37.3 Å². The molecule has 0 unspecified atom stereocenters. The SMILES string of the molecule is O=C(CSc1nc(=O)n(CCO)c2c1CCCC2)Nc1ccc(Cl)c(Cl)c1. The molecule has 6 nitrogen and oxygen atoms in total. The summed E-state index contributed by atoms with van der Waals surface area (Å²) in [4.78, 5) is 28.7. The first-order chi connectivity index (χ1) is 13.0. The molecule has 1 aliphatic carbocycles. The summed E-state index contributed by atoms with van der Waals surface area (Å²) in [6.45, 7) is 0.142. The smallest absolute Gasteiger partial charge is 0.348 e. The van der Waals surface area contributed by atoms with E-state index in [-0.39, 0.29) is 30.5 Å². The number of halogens is 2. The number of thioether (sulfide) groups is 1. The zero-order valence-electron chi connectivity index (χ0n) is 14.5. The first-order valence-corrected chi connectivity index (χ1v) is 10.3. The molecule has 0 atom stereocenters. The van der Waals surface area contributed by atoms with Crippen LogP contribution in [0, 0.1) is 0 Å². The Kier molecular flexibility index (Phi) is 6.81. The summed E-state index contributed by atoms with van der Waals surface area (Å²) in [5.41, 5.74) is 2.13. The van der Waals surface area contributed by atoms with E-state index in [1.807, 2.05) is 0 Å². The maximum Gasteiger partial charge on any atom is 0.348 e. The van der Waals surface area contributed by atoms with Crippen molar-refractivity contribution in [1.82, 2.24) is 9.55 Å². The Morgan fingerprint density at radius 3 is 2.78 bits per heavy atom. The lowest BCUT2D eigenvalue weighted by Crippen LogP contribution is -2.31. The van der Waals surface area contributed by atoms with Gasteiger partial charge in [0.1, 0.15) is 5.03 Å². The van der Waals surface area contributed by atoms with Crippen LogP contribution in [0.15, 0.2) is 28.0 Å². The lowest BCUT2D eigenvalue weighted by atomic mass is 9.97. The highest BCUT2D eigenvalue weighted by Crippen LogP contribution is 2.29. The van der Waals surface area contributed by atoms with Crippen molar-refractivity contribution in [2.75, 3.05) is 17.7 Å². The number of anilines is 1. The Hall–Kier alpha value is -1.54. The van der Waals surface area contributed by atoms with Crippen LogP contribution < -0.4 is 11.0 Å². The number of aliphatic hydroxyl groups is 1. The van der Waals surface area contributed by atoms with Gasteiger partial charge in [0, 0.05) is 16.9 Å². The van der Waals surface area contributed by atoms with Crippen LogP contribution in [0.3, 0.4) is 0 Å². The molecule has 0 aliphatic heterocycles. The van der Waals surface area contributed by atoms with E-state index in [1.54, 1.807) is 22.8 Å². The lowest BCUT2D eigenvalue weighted by molar-refractivity contribution is -0.113. The molecule has 1 aromatic heterocycles. The van der Waals surface area contributed by atoms with Gasteiger partial charge in [0.05, 0.1) is 28.9 Å². The second kappa shape index (κ2) is 9.10. The third kappa shape index (κ3) is 4.85. The zero-order valence-corrected chi connectivity index (χ0v) is 16.8. The van der Waals surface area contributed by atoms with Crippen molar-refractivity contribution in [1.29, 1.82) is 0 Å². The van der Waals surface area contributed by atoms with Crippen molar-refractivity contribution < 1.29 is 9.90 Å². The summed E-state index contributed by atoms with van der Waals surface area (Å²) in [5.74, 6) is -0.0901. The van der Waals surface area contributed by atoms with Crippen molar-refractivity contribution in [3.63, 3.8) is 0 Å². The quantitative estimate of drug-likeness (QED) is 0.546. The fourth-order valence-corrected chi connectivity index (χ4v) is 4.28. The number of hydrogen-bond acceptors (Lipinski definition) is 5. The molecule has 0 fully saturated rings. The van der Waals surface area contributed by atoms with Gasteiger partial charge in [0.2, 0.25) is 5.91 Å². The van der Waals surface area contributed by atoms with Gasteiger partial charge in [0.15, 0.2) is 0 Å². The minimum absolute atomic E-state index is 0.105. The topological polar surface area (TPSA) is 84.2 Å². The first kappa shape index (κ1) is 20.2. The second-order valence-corrected chi connectivity index (χ2v) is 7.95. The largest absolute Gasteiger partial charge is 0.395 e. The number of nitrogens with one attached hydrogen (secondary N) is 1. The number of benzene rings is 1. The lowest BCUT2D eigenvalue weighted by Gasteiger charge is -2.22. The van der Waals surface area contributed by atoms with E-state index in [4.69, 9.17) is 23.2 Å². The van der Waals surface area contributed by atoms with E-state index in [2.05, 4.69) is 10.3 Å². The molecule has 27 heavy (non-hydrogen) atoms. The Morgan fingerprint density at radius 2 is 2.04 bits per heavy atom. The predicted molar refractivity (Wildman–Crippen MR) is 108 cm³/mol. The summed E-state index contributed by atoms with van der Waals surface area (Å²) < 4.78 is 1.55. The van der Waals surface area contributed by atoms with Gasteiger partial charge < -0.3 is 10.4 Å². The molecule has 1 aliphatic rings. The molecule has 0 saturated carbocycles. The average Bonchev–Trinajstić information content (AvgIpc) is 2.65. The van der Waals surface area contributed by atoms with Gasteiger partial charge in [-0.15, -0.1) is 0 Å². The van der Waals surface area contributed by atoms with E-state index < -0.39 is 0 Å². The molecule has 0 bridgehead atoms. The number of aliphatic hydroxyl groups excluding tert-OH is 1. The van der Waals surface area contributed by atoms with E-state index >= 15 is 0 Å². The van der Waals surface area contributed by atoms with Crippen molar-refractivity contribution >= 4 is 46.6 Å². The predicted octanol–water partition coefficient (Wildman–Crippen LogP) is 3.15. The van der Waals surface area contributed by atoms with Gasteiger partial charge in [-0.05, 0) is 43.9 Å². The number of carbonyl (C=O) groups is 1. The maximum absolute atomic E-state index is 12.3. The molecule has 2 aromatic rings. The number of aromatic nitrogens is 2. The van der Waals surface area contributed by atoms with E-state index in [0.717, 1.165) is 36.9 Å². The number of nitrogens with zero attached hydrogens (tertiary/aromatic N) is 2. The summed E-state index contributed by atoms with van der Waals surface area (Å²) in [6, 6.07) is 4.88. The molecule has 3 rings (SSSR count). The second-order valence-electron chi connectivity index (χ2n) is 6.17. The molecule has 1 amide bonds. The number of amides is 1. The molecule has 0 spiro atoms. The Morgan fingerprint density at radius 1 is 1.26 bits per heavy atom. The molecular formula is C18H19Cl2N3O3S. The van der Waals surface area contributed by atoms with Crippen LogP contribution in [0.2, 0.25) is 10.0 Å². The van der Waals surface area contributed by atoms with Gasteiger partial charge in [-0.1, -0.05) is 35.0 Å². The minimum atomic E-state index is -0.378. The van der Waals surface area contributed by atoms with Crippen LogP contribution in [0.5, 0.6) is 0 Å². The van der Waals surface area contributed by atoms with Crippen molar-refractivity contribution in [3.05, 3.63) is 50.0 Å². The molecule has 9 heteroatoms. The molecule has 0 saturated heterocycles. The van der Waals surface area contributed by atoms with Crippen LogP contribution >= 0.6 is 35.0 Å². The zero-order chi connectivity index (χ0) is 19.4. The van der Waals surface area contributed by atoms with E-state index in [9.17, 15) is 14.7 Å². The van der Waals surface area contributed by atoms with E-state index in [0.29, 0.717) is 20.8 Å². The molecule has 1 heterocycles. The van der Waals surface area contributed by atoms with Crippen LogP contribution in [0.4, 0.5) is 5.69 Å². The molecule has 0 radical (unpaired) electrons. The Bertz CT molecular complexity index is 917. The molecular weight excluding hydrogens is 409 g/mol. The highest BCUT2D eigenvalue weighted by Gasteiger charge is 2.21. The maximum atomic E-state index is 12.3. The van der Waals surface area contributed by atoms with Gasteiger partial charge in [-0.2, -0.15) is 4.98 Å². The third-order valence-electron chi connectivity index (χ3n) is 4.32. The monoisotopic (exact) mass is 427 g/mol. The number of carbonyl (C=O) groups excluding carboxylic acids is 1. The summed E-state index contributed by atoms with van der Waals surface area (Å²) >= 11 is 13.1. The molecule has 144 valence electrons. The number of fused-ring (bicyclic) bond motifs is 1. The summed E-state index contributed by atoms with van der Waals surface area (Å²) in [7, 11) is 0. The van der Waals surface area contributed by atoms with Crippen molar-refractivity contribution in [2.24, 2.45) is 0 Å².